The van der Waals surface area contributed by atoms with Gasteiger partial charge in [-0.05, 0) is 68.9 Å². The summed E-state index contributed by atoms with van der Waals surface area (Å²) in [6.07, 6.45) is -4.64. The second-order valence-electron chi connectivity index (χ2n) is 17.0. The van der Waals surface area contributed by atoms with E-state index in [9.17, 15) is 36.4 Å². The van der Waals surface area contributed by atoms with Gasteiger partial charge in [-0.2, -0.15) is 8.78 Å². The third-order valence-electron chi connectivity index (χ3n) is 11.7. The quantitative estimate of drug-likeness (QED) is 0.293. The lowest BCUT2D eigenvalue weighted by molar-refractivity contribution is -0.144. The number of hydrogen-bond donors (Lipinski definition) is 3. The molecule has 19 heteroatoms. The summed E-state index contributed by atoms with van der Waals surface area (Å²) < 4.78 is 100. The van der Waals surface area contributed by atoms with Crippen LogP contribution in [-0.2, 0) is 35.1 Å². The molecule has 2 bridgehead atoms. The topological polar surface area (TPSA) is 186 Å². The summed E-state index contributed by atoms with van der Waals surface area (Å²) in [5.41, 5.74) is -3.63. The maximum atomic E-state index is 16.2. The van der Waals surface area contributed by atoms with Crippen LogP contribution in [0.2, 0.25) is 0 Å². The third-order valence-corrected chi connectivity index (χ3v) is 13.5. The summed E-state index contributed by atoms with van der Waals surface area (Å²) in [5.74, 6) is -9.99. The average Bonchev–Trinajstić information content (AvgIpc) is 4.08. The number of amides is 4. The molecule has 4 aliphatic rings. The van der Waals surface area contributed by atoms with Crippen LogP contribution in [0.3, 0.4) is 0 Å². The number of sulfonamides is 1. The number of halogens is 4. The molecule has 3 heterocycles. The number of alkyl carbamates (subject to hydrolysis) is 1. The first-order valence-corrected chi connectivity index (χ1v) is 21.5. The lowest BCUT2D eigenvalue weighted by atomic mass is 9.85. The molecule has 2 aliphatic carbocycles. The Kier molecular flexibility index (Phi) is 12.2. The molecule has 2 saturated carbocycles. The zero-order valence-corrected chi connectivity index (χ0v) is 34.1. The third kappa shape index (κ3) is 8.98. The van der Waals surface area contributed by atoms with E-state index < -0.39 is 129 Å². The Morgan fingerprint density at radius 1 is 1.00 bits per heavy atom. The molecule has 4 amide bonds. The summed E-state index contributed by atoms with van der Waals surface area (Å²) >= 11 is 0. The molecule has 14 nitrogen and oxygen atoms in total. The molecule has 0 unspecified atom stereocenters. The van der Waals surface area contributed by atoms with E-state index in [2.05, 4.69) is 20.6 Å². The molecular formula is C39H52F4N6O8S. The summed E-state index contributed by atoms with van der Waals surface area (Å²) in [6, 6.07) is 3.47. The van der Waals surface area contributed by atoms with Crippen molar-refractivity contribution in [2.75, 3.05) is 6.54 Å². The lowest BCUT2D eigenvalue weighted by Crippen LogP contribution is -2.61. The fourth-order valence-corrected chi connectivity index (χ4v) is 9.37. The zero-order valence-electron chi connectivity index (χ0n) is 33.2. The Hall–Kier alpha value is -4.29. The van der Waals surface area contributed by atoms with Crippen molar-refractivity contribution in [3.05, 3.63) is 30.0 Å². The maximum Gasteiger partial charge on any atom is 0.408 e. The largest absolute Gasteiger partial charge is 0.471 e. The molecule has 1 aromatic heterocycles. The van der Waals surface area contributed by atoms with E-state index >= 15 is 8.78 Å². The standard InChI is InChI=1S/C39H52F4N6O8S/c1-6-21-13-9-8-12-18-39(42,43)29-33(45-26-15-11-10-14-25(26)44-29)57-27-20-49(34(51)30(37(3,4)5)46-36(53)56-21)28(23(27)7-2)32(50)47-38(19-24(38)31(40)41)35(52)48-58(54,55)22-16-17-22/h10-11,14-15,21-24,27-28,30-31H,6-9,12-13,16-20H2,1-5H3,(H,46,53)(H,47,50)(H,48,52)/t21-,23-,24+,27+,28+,30-,38-/m1/s1. The monoisotopic (exact) mass is 840 g/mol. The predicted octanol–water partition coefficient (Wildman–Crippen LogP) is 5.34. The van der Waals surface area contributed by atoms with Crippen LogP contribution in [0, 0.1) is 17.3 Å². The molecule has 3 fully saturated rings. The number of ether oxygens (including phenoxy) is 2. The second-order valence-corrected chi connectivity index (χ2v) is 19.0. The number of carbonyl (C=O) groups excluding carboxylic acids is 4. The number of benzene rings is 1. The minimum Gasteiger partial charge on any atom is -0.471 e. The Balaban J connectivity index is 1.43. The van der Waals surface area contributed by atoms with Gasteiger partial charge in [-0.3, -0.25) is 19.1 Å². The summed E-state index contributed by atoms with van der Waals surface area (Å²) in [4.78, 5) is 66.1. The number of rotatable bonds is 8. The lowest BCUT2D eigenvalue weighted by Gasteiger charge is -2.36. The van der Waals surface area contributed by atoms with Crippen molar-refractivity contribution in [3.8, 4) is 5.88 Å². The van der Waals surface area contributed by atoms with Gasteiger partial charge in [-0.15, -0.1) is 0 Å². The molecule has 1 saturated heterocycles. The van der Waals surface area contributed by atoms with E-state index in [1.54, 1.807) is 52.8 Å². The van der Waals surface area contributed by atoms with Gasteiger partial charge in [0, 0.05) is 12.3 Å². The molecule has 320 valence electrons. The minimum atomic E-state index is -4.21. The van der Waals surface area contributed by atoms with E-state index in [1.165, 1.54) is 6.07 Å². The van der Waals surface area contributed by atoms with Crippen LogP contribution in [0.4, 0.5) is 22.4 Å². The first-order chi connectivity index (χ1) is 27.2. The predicted molar refractivity (Wildman–Crippen MR) is 202 cm³/mol. The normalized spacial score (nSPS) is 29.7. The number of para-hydroxylation sites is 2. The molecule has 3 N–H and O–H groups in total. The first kappa shape index (κ1) is 43.3. The molecule has 0 spiro atoms. The molecule has 0 radical (unpaired) electrons. The van der Waals surface area contributed by atoms with Crippen molar-refractivity contribution in [3.63, 3.8) is 0 Å². The number of fused-ring (bicyclic) bond motifs is 4. The van der Waals surface area contributed by atoms with E-state index in [0.29, 0.717) is 25.7 Å². The Morgan fingerprint density at radius 2 is 1.67 bits per heavy atom. The van der Waals surface area contributed by atoms with Crippen molar-refractivity contribution in [2.24, 2.45) is 17.3 Å². The number of nitrogens with one attached hydrogen (secondary N) is 3. The second kappa shape index (κ2) is 16.4. The van der Waals surface area contributed by atoms with Gasteiger partial charge in [-0.1, -0.05) is 53.2 Å². The molecule has 1 aromatic carbocycles. The van der Waals surface area contributed by atoms with Crippen LogP contribution in [0.1, 0.15) is 105 Å². The fourth-order valence-electron chi connectivity index (χ4n) is 8.01. The van der Waals surface area contributed by atoms with Crippen LogP contribution in [0.25, 0.3) is 11.0 Å². The number of hydrogen-bond acceptors (Lipinski definition) is 10. The highest BCUT2D eigenvalue weighted by Crippen LogP contribution is 2.49. The maximum absolute atomic E-state index is 16.2. The van der Waals surface area contributed by atoms with Gasteiger partial charge in [0.15, 0.2) is 5.69 Å². The fraction of sp³-hybridized carbons (Fsp3) is 0.692. The van der Waals surface area contributed by atoms with Gasteiger partial charge < -0.3 is 25.0 Å². The summed E-state index contributed by atoms with van der Waals surface area (Å²) in [5, 5.41) is 4.19. The Morgan fingerprint density at radius 3 is 2.26 bits per heavy atom. The smallest absolute Gasteiger partial charge is 0.408 e. The van der Waals surface area contributed by atoms with E-state index in [1.807, 2.05) is 4.72 Å². The molecule has 2 aliphatic heterocycles. The SMILES string of the molecule is CC[C@@H]1CCCCCC(F)(F)c2nc3ccccc3nc2O[C@H]2CN(C(=O)[C@H](C(C)(C)C)NC(=O)O1)[C@H](C(=O)N[C@]1(C(=O)NS(=O)(=O)C3CC3)C[C@H]1C(F)F)[C@@H]2CC. The van der Waals surface area contributed by atoms with Crippen LogP contribution in [0.15, 0.2) is 24.3 Å². The van der Waals surface area contributed by atoms with Gasteiger partial charge in [0.25, 0.3) is 11.8 Å². The van der Waals surface area contributed by atoms with Crippen LogP contribution >= 0.6 is 0 Å². The minimum absolute atomic E-state index is 0.0701. The van der Waals surface area contributed by atoms with Crippen molar-refractivity contribution in [2.45, 2.75) is 146 Å². The number of aromatic nitrogens is 2. The van der Waals surface area contributed by atoms with Crippen molar-refractivity contribution in [1.29, 1.82) is 0 Å². The van der Waals surface area contributed by atoms with Crippen molar-refractivity contribution in [1.82, 2.24) is 30.2 Å². The van der Waals surface area contributed by atoms with Crippen LogP contribution < -0.4 is 20.1 Å². The highest BCUT2D eigenvalue weighted by Gasteiger charge is 2.67. The highest BCUT2D eigenvalue weighted by molar-refractivity contribution is 7.91. The van der Waals surface area contributed by atoms with Crippen LogP contribution in [-0.4, -0.2) is 95.2 Å². The highest BCUT2D eigenvalue weighted by atomic mass is 32.2. The van der Waals surface area contributed by atoms with E-state index in [4.69, 9.17) is 9.47 Å². The summed E-state index contributed by atoms with van der Waals surface area (Å²) in [6.45, 7) is 8.06. The Labute approximate surface area is 335 Å². The molecule has 2 aromatic rings. The zero-order chi connectivity index (χ0) is 42.4. The van der Waals surface area contributed by atoms with Gasteiger partial charge in [0.2, 0.25) is 34.1 Å². The van der Waals surface area contributed by atoms with Crippen molar-refractivity contribution >= 4 is 44.9 Å². The molecule has 7 atom stereocenters. The molecule has 6 rings (SSSR count). The van der Waals surface area contributed by atoms with Crippen LogP contribution in [0.5, 0.6) is 5.88 Å². The van der Waals surface area contributed by atoms with Crippen molar-refractivity contribution < 1.29 is 54.6 Å². The number of cyclic esters (lactones) is 1. The average molecular weight is 841 g/mol. The Bertz CT molecular complexity index is 2010. The van der Waals surface area contributed by atoms with E-state index in [-0.39, 0.29) is 36.7 Å². The molecular weight excluding hydrogens is 789 g/mol. The number of nitrogens with zero attached hydrogens (tertiary/aromatic N) is 3. The van der Waals surface area contributed by atoms with Gasteiger partial charge >= 0.3 is 6.09 Å². The van der Waals surface area contributed by atoms with Gasteiger partial charge in [0.1, 0.15) is 29.8 Å². The van der Waals surface area contributed by atoms with E-state index in [0.717, 1.165) is 4.90 Å². The number of carbonyl (C=O) groups is 4. The van der Waals surface area contributed by atoms with Gasteiger partial charge in [0.05, 0.1) is 28.7 Å². The first-order valence-electron chi connectivity index (χ1n) is 20.0. The van der Waals surface area contributed by atoms with Gasteiger partial charge in [-0.25, -0.2) is 32.0 Å². The molecule has 58 heavy (non-hydrogen) atoms. The number of alkyl halides is 4. The summed E-state index contributed by atoms with van der Waals surface area (Å²) in [7, 11) is -4.21.